The van der Waals surface area contributed by atoms with Gasteiger partial charge in [-0.2, -0.15) is 5.10 Å². The molecule has 1 aliphatic rings. The molecule has 7 nitrogen and oxygen atoms in total. The quantitative estimate of drug-likeness (QED) is 0.581. The van der Waals surface area contributed by atoms with Crippen LogP contribution in [0.5, 0.6) is 0 Å². The van der Waals surface area contributed by atoms with E-state index in [1.807, 2.05) is 52.4 Å². The summed E-state index contributed by atoms with van der Waals surface area (Å²) < 4.78 is 8.98. The van der Waals surface area contributed by atoms with Gasteiger partial charge < -0.3 is 9.64 Å². The van der Waals surface area contributed by atoms with Crippen molar-refractivity contribution in [3.8, 4) is 11.1 Å². The largest absolute Gasteiger partial charge is 0.443 e. The Labute approximate surface area is 185 Å². The maximum Gasteiger partial charge on any atom is 0.420 e. The van der Waals surface area contributed by atoms with E-state index in [1.54, 1.807) is 12.4 Å². The van der Waals surface area contributed by atoms with E-state index in [4.69, 9.17) is 4.74 Å². The van der Waals surface area contributed by atoms with Crippen molar-refractivity contribution in [1.82, 2.24) is 24.2 Å². The lowest BCUT2D eigenvalue weighted by Gasteiger charge is -2.19. The zero-order valence-electron chi connectivity index (χ0n) is 19.7. The molecule has 4 rings (SSSR count). The third-order valence-electron chi connectivity index (χ3n) is 5.24. The van der Waals surface area contributed by atoms with E-state index >= 15 is 0 Å². The van der Waals surface area contributed by atoms with E-state index in [2.05, 4.69) is 27.2 Å². The summed E-state index contributed by atoms with van der Waals surface area (Å²) in [7, 11) is 0. The second-order valence-electron chi connectivity index (χ2n) is 8.80. The van der Waals surface area contributed by atoms with Crippen LogP contribution in [-0.2, 0) is 11.3 Å². The summed E-state index contributed by atoms with van der Waals surface area (Å²) in [4.78, 5) is 19.6. The summed E-state index contributed by atoms with van der Waals surface area (Å²) in [6, 6.07) is 2.07. The molecule has 168 valence electrons. The normalized spacial score (nSPS) is 14.5. The smallest absolute Gasteiger partial charge is 0.420 e. The highest BCUT2D eigenvalue weighted by atomic mass is 16.6. The summed E-state index contributed by atoms with van der Waals surface area (Å²) in [6.07, 6.45) is 9.73. The van der Waals surface area contributed by atoms with Crippen molar-refractivity contribution < 1.29 is 9.53 Å². The van der Waals surface area contributed by atoms with Crippen LogP contribution < -0.4 is 0 Å². The van der Waals surface area contributed by atoms with Crippen LogP contribution in [0, 0.1) is 6.92 Å². The zero-order chi connectivity index (χ0) is 22.6. The molecule has 0 aromatic carbocycles. The molecule has 7 heteroatoms. The SMILES string of the molecule is CC.Cc1cn(C(=O)OC(C)(C)C)c2ncc(-c3cnn(CCN4CCCC4)c3)cc12. The molecule has 0 bridgehead atoms. The second-order valence-corrected chi connectivity index (χ2v) is 8.80. The first-order valence-electron chi connectivity index (χ1n) is 11.3. The molecular weight excluding hydrogens is 390 g/mol. The van der Waals surface area contributed by atoms with Crippen LogP contribution in [0.2, 0.25) is 0 Å². The van der Waals surface area contributed by atoms with E-state index in [0.717, 1.165) is 35.2 Å². The lowest BCUT2D eigenvalue weighted by Crippen LogP contribution is -2.26. The molecule has 0 saturated carbocycles. The molecule has 3 aromatic rings. The number of hydrogen-bond acceptors (Lipinski definition) is 5. The van der Waals surface area contributed by atoms with Gasteiger partial charge in [-0.3, -0.25) is 4.68 Å². The molecule has 1 aliphatic heterocycles. The van der Waals surface area contributed by atoms with Gasteiger partial charge in [-0.15, -0.1) is 0 Å². The standard InChI is InChI=1S/C22H29N5O2.C2H6/c1-16-14-27(21(28)29-22(2,3)4)20-19(16)11-17(12-23-20)18-13-24-26(15-18)10-9-25-7-5-6-8-25;1-2/h11-15H,5-10H2,1-4H3;1-2H3. The molecule has 0 N–H and O–H groups in total. The molecular formula is C24H35N5O2. The molecule has 0 spiro atoms. The Morgan fingerprint density at radius 3 is 2.45 bits per heavy atom. The first kappa shape index (κ1) is 23.0. The Kier molecular flexibility index (Phi) is 7.15. The molecule has 0 unspecified atom stereocenters. The number of likely N-dealkylation sites (tertiary alicyclic amines) is 1. The van der Waals surface area contributed by atoms with Crippen LogP contribution in [-0.4, -0.2) is 55.6 Å². The van der Waals surface area contributed by atoms with Crippen molar-refractivity contribution in [3.05, 3.63) is 36.4 Å². The van der Waals surface area contributed by atoms with Crippen LogP contribution in [0.25, 0.3) is 22.2 Å². The highest BCUT2D eigenvalue weighted by molar-refractivity contribution is 5.91. The molecule has 31 heavy (non-hydrogen) atoms. The summed E-state index contributed by atoms with van der Waals surface area (Å²) in [5.41, 5.74) is 3.08. The number of fused-ring (bicyclic) bond motifs is 1. The van der Waals surface area contributed by atoms with Crippen LogP contribution in [0.1, 0.15) is 53.0 Å². The van der Waals surface area contributed by atoms with Crippen molar-refractivity contribution in [1.29, 1.82) is 0 Å². The number of ether oxygens (including phenoxy) is 1. The molecule has 0 atom stereocenters. The van der Waals surface area contributed by atoms with Gasteiger partial charge in [-0.25, -0.2) is 14.3 Å². The molecule has 0 amide bonds. The van der Waals surface area contributed by atoms with Crippen LogP contribution in [0.15, 0.2) is 30.9 Å². The Balaban J connectivity index is 0.00000132. The first-order valence-corrected chi connectivity index (χ1v) is 11.3. The van der Waals surface area contributed by atoms with Gasteiger partial charge in [0.2, 0.25) is 0 Å². The number of carbonyl (C=O) groups is 1. The van der Waals surface area contributed by atoms with Gasteiger partial charge in [0.15, 0.2) is 0 Å². The Morgan fingerprint density at radius 1 is 1.06 bits per heavy atom. The van der Waals surface area contributed by atoms with Crippen molar-refractivity contribution in [2.45, 2.75) is 66.5 Å². The Hall–Kier alpha value is -2.67. The monoisotopic (exact) mass is 425 g/mol. The topological polar surface area (TPSA) is 65.2 Å². The van der Waals surface area contributed by atoms with Gasteiger partial charge in [0.05, 0.1) is 12.7 Å². The van der Waals surface area contributed by atoms with Crippen LogP contribution in [0.4, 0.5) is 4.79 Å². The van der Waals surface area contributed by atoms with Crippen molar-refractivity contribution in [2.24, 2.45) is 0 Å². The number of aromatic nitrogens is 4. The minimum atomic E-state index is -0.550. The lowest BCUT2D eigenvalue weighted by molar-refractivity contribution is 0.0543. The average Bonchev–Trinajstić information content (AvgIpc) is 3.47. The fraction of sp³-hybridized carbons (Fsp3) is 0.542. The molecule has 0 radical (unpaired) electrons. The van der Waals surface area contributed by atoms with Crippen LogP contribution >= 0.6 is 0 Å². The minimum Gasteiger partial charge on any atom is -0.443 e. The van der Waals surface area contributed by atoms with Gasteiger partial charge in [-0.1, -0.05) is 13.8 Å². The Bertz CT molecular complexity index is 1020. The fourth-order valence-corrected chi connectivity index (χ4v) is 3.76. The maximum atomic E-state index is 12.5. The third kappa shape index (κ3) is 5.53. The average molecular weight is 426 g/mol. The van der Waals surface area contributed by atoms with E-state index in [1.165, 1.54) is 30.5 Å². The van der Waals surface area contributed by atoms with Gasteiger partial charge in [0.25, 0.3) is 0 Å². The molecule has 1 saturated heterocycles. The van der Waals surface area contributed by atoms with Crippen LogP contribution in [0.3, 0.4) is 0 Å². The number of pyridine rings is 1. The molecule has 1 fully saturated rings. The molecule has 4 heterocycles. The number of hydrogen-bond donors (Lipinski definition) is 0. The van der Waals surface area contributed by atoms with Gasteiger partial charge in [0.1, 0.15) is 11.2 Å². The predicted molar refractivity (Wildman–Crippen MR) is 124 cm³/mol. The van der Waals surface area contributed by atoms with Gasteiger partial charge in [-0.05, 0) is 65.3 Å². The summed E-state index contributed by atoms with van der Waals surface area (Å²) in [5, 5.41) is 5.46. The van der Waals surface area contributed by atoms with Crippen molar-refractivity contribution in [2.75, 3.05) is 19.6 Å². The van der Waals surface area contributed by atoms with Crippen molar-refractivity contribution >= 4 is 17.1 Å². The van der Waals surface area contributed by atoms with E-state index in [0.29, 0.717) is 5.65 Å². The minimum absolute atomic E-state index is 0.411. The lowest BCUT2D eigenvalue weighted by atomic mass is 10.1. The van der Waals surface area contributed by atoms with Crippen molar-refractivity contribution in [3.63, 3.8) is 0 Å². The maximum absolute atomic E-state index is 12.5. The van der Waals surface area contributed by atoms with E-state index < -0.39 is 11.7 Å². The second kappa shape index (κ2) is 9.64. The fourth-order valence-electron chi connectivity index (χ4n) is 3.76. The summed E-state index contributed by atoms with van der Waals surface area (Å²) in [6.45, 7) is 15.9. The number of carbonyl (C=O) groups excluding carboxylic acids is 1. The number of aryl methyl sites for hydroxylation is 1. The molecule has 3 aromatic heterocycles. The highest BCUT2D eigenvalue weighted by Gasteiger charge is 2.21. The zero-order valence-corrected chi connectivity index (χ0v) is 19.7. The highest BCUT2D eigenvalue weighted by Crippen LogP contribution is 2.26. The third-order valence-corrected chi connectivity index (χ3v) is 5.24. The Morgan fingerprint density at radius 2 is 1.77 bits per heavy atom. The number of nitrogens with zero attached hydrogens (tertiary/aromatic N) is 5. The summed E-state index contributed by atoms with van der Waals surface area (Å²) >= 11 is 0. The first-order chi connectivity index (χ1) is 14.8. The van der Waals surface area contributed by atoms with E-state index in [-0.39, 0.29) is 0 Å². The van der Waals surface area contributed by atoms with E-state index in [9.17, 15) is 4.79 Å². The molecule has 0 aliphatic carbocycles. The summed E-state index contributed by atoms with van der Waals surface area (Å²) in [5.74, 6) is 0. The van der Waals surface area contributed by atoms with Gasteiger partial charge >= 0.3 is 6.09 Å². The van der Waals surface area contributed by atoms with Gasteiger partial charge in [0, 0.05) is 41.6 Å². The predicted octanol–water partition coefficient (Wildman–Crippen LogP) is 5.11. The number of rotatable bonds is 4.